The van der Waals surface area contributed by atoms with E-state index >= 15 is 0 Å². The minimum atomic E-state index is -3.52. The van der Waals surface area contributed by atoms with E-state index in [9.17, 15) is 13.2 Å². The summed E-state index contributed by atoms with van der Waals surface area (Å²) in [4.78, 5) is 10.3. The molecule has 1 atom stereocenters. The number of hydrogen-bond donors (Lipinski definition) is 2. The van der Waals surface area contributed by atoms with Gasteiger partial charge in [0.2, 0.25) is 5.37 Å². The zero-order chi connectivity index (χ0) is 9.07. The average Bonchev–Trinajstić information content (AvgIpc) is 1.88. The van der Waals surface area contributed by atoms with Crippen LogP contribution in [-0.4, -0.2) is 37.7 Å². The van der Waals surface area contributed by atoms with Crippen molar-refractivity contribution in [2.45, 2.75) is 12.3 Å². The van der Waals surface area contributed by atoms with Crippen LogP contribution in [0.4, 0.5) is 0 Å². The van der Waals surface area contributed by atoms with Crippen molar-refractivity contribution in [3.8, 4) is 0 Å². The van der Waals surface area contributed by atoms with Gasteiger partial charge in [-0.1, -0.05) is 6.92 Å². The lowest BCUT2D eigenvalue weighted by Crippen LogP contribution is -2.41. The molecule has 1 unspecified atom stereocenters. The number of carbonyl (C=O) groups is 1. The molecular formula is C5H11NO4S. The second-order valence-electron chi connectivity index (χ2n) is 1.96. The van der Waals surface area contributed by atoms with Crippen molar-refractivity contribution in [3.63, 3.8) is 0 Å². The molecule has 0 aliphatic rings. The van der Waals surface area contributed by atoms with E-state index in [-0.39, 0.29) is 5.75 Å². The molecule has 0 radical (unpaired) electrons. The smallest absolute Gasteiger partial charge is 0.336 e. The van der Waals surface area contributed by atoms with E-state index in [1.807, 2.05) is 0 Å². The molecule has 0 heterocycles. The first-order valence-electron chi connectivity index (χ1n) is 3.07. The molecule has 0 fully saturated rings. The molecule has 66 valence electrons. The molecule has 5 nitrogen and oxygen atoms in total. The largest absolute Gasteiger partial charge is 0.479 e. The summed E-state index contributed by atoms with van der Waals surface area (Å²) < 4.78 is 21.9. The highest BCUT2D eigenvalue weighted by Crippen LogP contribution is 1.97. The van der Waals surface area contributed by atoms with Gasteiger partial charge in [0.1, 0.15) is 0 Å². The Labute approximate surface area is 65.3 Å². The van der Waals surface area contributed by atoms with Crippen molar-refractivity contribution in [2.75, 3.05) is 12.8 Å². The monoisotopic (exact) mass is 181 g/mol. The summed E-state index contributed by atoms with van der Waals surface area (Å²) in [6.07, 6.45) is 0. The van der Waals surface area contributed by atoms with Crippen LogP contribution in [-0.2, 0) is 14.6 Å². The molecule has 0 aromatic heterocycles. The van der Waals surface area contributed by atoms with Gasteiger partial charge in [0.05, 0.1) is 0 Å². The summed E-state index contributed by atoms with van der Waals surface area (Å²) in [6.45, 7) is 1.41. The first kappa shape index (κ1) is 10.4. The van der Waals surface area contributed by atoms with Gasteiger partial charge in [-0.2, -0.15) is 0 Å². The van der Waals surface area contributed by atoms with Crippen LogP contribution in [0.2, 0.25) is 0 Å². The van der Waals surface area contributed by atoms with Gasteiger partial charge in [-0.3, -0.25) is 5.32 Å². The number of nitrogens with one attached hydrogen (secondary N) is 1. The molecule has 11 heavy (non-hydrogen) atoms. The van der Waals surface area contributed by atoms with E-state index in [0.717, 1.165) is 0 Å². The van der Waals surface area contributed by atoms with Gasteiger partial charge in [0, 0.05) is 5.75 Å². The van der Waals surface area contributed by atoms with Gasteiger partial charge in [-0.15, -0.1) is 0 Å². The van der Waals surface area contributed by atoms with Crippen LogP contribution >= 0.6 is 0 Å². The Morgan fingerprint density at radius 3 is 2.18 bits per heavy atom. The van der Waals surface area contributed by atoms with Gasteiger partial charge in [-0.25, -0.2) is 13.2 Å². The lowest BCUT2D eigenvalue weighted by atomic mass is 10.7. The van der Waals surface area contributed by atoms with Crippen molar-refractivity contribution < 1.29 is 18.3 Å². The maximum atomic E-state index is 10.9. The Kier molecular flexibility index (Phi) is 3.47. The molecule has 0 saturated heterocycles. The molecule has 0 aromatic rings. The van der Waals surface area contributed by atoms with E-state index in [1.165, 1.54) is 14.0 Å². The molecular weight excluding hydrogens is 170 g/mol. The maximum Gasteiger partial charge on any atom is 0.336 e. The van der Waals surface area contributed by atoms with E-state index < -0.39 is 21.2 Å². The Bertz CT molecular complexity index is 233. The van der Waals surface area contributed by atoms with Crippen LogP contribution < -0.4 is 5.32 Å². The third kappa shape index (κ3) is 2.47. The van der Waals surface area contributed by atoms with E-state index in [0.29, 0.717) is 0 Å². The summed E-state index contributed by atoms with van der Waals surface area (Å²) in [5.74, 6) is -1.54. The van der Waals surface area contributed by atoms with Crippen molar-refractivity contribution in [3.05, 3.63) is 0 Å². The molecule has 0 spiro atoms. The minimum absolute atomic E-state index is 0.176. The second-order valence-corrected chi connectivity index (χ2v) is 4.33. The third-order valence-electron chi connectivity index (χ3n) is 1.25. The first-order valence-corrected chi connectivity index (χ1v) is 4.79. The number of likely N-dealkylation sites (N-methyl/N-ethyl adjacent to an activating group) is 1. The van der Waals surface area contributed by atoms with Crippen LogP contribution in [0.1, 0.15) is 6.92 Å². The van der Waals surface area contributed by atoms with Crippen molar-refractivity contribution in [1.29, 1.82) is 0 Å². The van der Waals surface area contributed by atoms with Crippen LogP contribution in [0.3, 0.4) is 0 Å². The zero-order valence-corrected chi connectivity index (χ0v) is 7.18. The number of carboxylic acids is 1. The van der Waals surface area contributed by atoms with Crippen molar-refractivity contribution >= 4 is 15.8 Å². The van der Waals surface area contributed by atoms with Gasteiger partial charge in [0.15, 0.2) is 9.84 Å². The maximum absolute atomic E-state index is 10.9. The van der Waals surface area contributed by atoms with E-state index in [4.69, 9.17) is 5.11 Å². The lowest BCUT2D eigenvalue weighted by molar-refractivity contribution is -0.137. The quantitative estimate of drug-likeness (QED) is 0.584. The number of sulfone groups is 1. The lowest BCUT2D eigenvalue weighted by Gasteiger charge is -2.09. The number of carboxylic acid groups (broad SMARTS) is 1. The fourth-order valence-electron chi connectivity index (χ4n) is 0.623. The van der Waals surface area contributed by atoms with Gasteiger partial charge in [-0.05, 0) is 7.05 Å². The zero-order valence-electron chi connectivity index (χ0n) is 6.36. The minimum Gasteiger partial charge on any atom is -0.479 e. The Morgan fingerprint density at radius 2 is 2.09 bits per heavy atom. The van der Waals surface area contributed by atoms with Gasteiger partial charge >= 0.3 is 5.97 Å². The topological polar surface area (TPSA) is 83.5 Å². The molecule has 0 saturated carbocycles. The summed E-state index contributed by atoms with van der Waals surface area (Å²) in [7, 11) is -2.22. The molecule has 0 aliphatic heterocycles. The van der Waals surface area contributed by atoms with Crippen molar-refractivity contribution in [2.24, 2.45) is 0 Å². The Balaban J connectivity index is 4.65. The molecule has 0 rings (SSSR count). The Hall–Kier alpha value is -0.620. The molecule has 0 amide bonds. The second kappa shape index (κ2) is 3.68. The van der Waals surface area contributed by atoms with Crippen LogP contribution in [0.15, 0.2) is 0 Å². The summed E-state index contributed by atoms with van der Waals surface area (Å²) in [5, 5.41) is 9.12. The van der Waals surface area contributed by atoms with Crippen LogP contribution in [0, 0.1) is 0 Å². The highest BCUT2D eigenvalue weighted by molar-refractivity contribution is 7.92. The Morgan fingerprint density at radius 1 is 1.64 bits per heavy atom. The predicted molar refractivity (Wildman–Crippen MR) is 39.9 cm³/mol. The molecule has 0 aromatic carbocycles. The van der Waals surface area contributed by atoms with E-state index in [1.54, 1.807) is 0 Å². The average molecular weight is 181 g/mol. The molecule has 0 aliphatic carbocycles. The summed E-state index contributed by atoms with van der Waals surface area (Å²) >= 11 is 0. The molecule has 2 N–H and O–H groups in total. The number of hydrogen-bond acceptors (Lipinski definition) is 4. The number of rotatable bonds is 4. The SMILES string of the molecule is CCS(=O)(=O)C(NC)C(=O)O. The molecule has 6 heteroatoms. The third-order valence-corrected chi connectivity index (χ3v) is 3.21. The summed E-state index contributed by atoms with van der Waals surface area (Å²) in [5.41, 5.74) is 0. The first-order chi connectivity index (χ1) is 4.95. The molecule has 0 bridgehead atoms. The standard InChI is InChI=1S/C5H11NO4S/c1-3-11(9,10)4(6-2)5(7)8/h4,6H,3H2,1-2H3,(H,7,8). The van der Waals surface area contributed by atoms with E-state index in [2.05, 4.69) is 5.32 Å². The number of aliphatic carboxylic acids is 1. The normalized spacial score (nSPS) is 14.4. The van der Waals surface area contributed by atoms with Crippen LogP contribution in [0.25, 0.3) is 0 Å². The van der Waals surface area contributed by atoms with Crippen LogP contribution in [0.5, 0.6) is 0 Å². The van der Waals surface area contributed by atoms with Crippen molar-refractivity contribution in [1.82, 2.24) is 5.32 Å². The fourth-order valence-corrected chi connectivity index (χ4v) is 1.62. The fraction of sp³-hybridized carbons (Fsp3) is 0.800. The predicted octanol–water partition coefficient (Wildman–Crippen LogP) is -0.949. The highest BCUT2D eigenvalue weighted by atomic mass is 32.2. The highest BCUT2D eigenvalue weighted by Gasteiger charge is 2.28. The van der Waals surface area contributed by atoms with Gasteiger partial charge < -0.3 is 5.11 Å². The summed E-state index contributed by atoms with van der Waals surface area (Å²) in [6, 6.07) is 0. The van der Waals surface area contributed by atoms with Gasteiger partial charge in [0.25, 0.3) is 0 Å².